The molecule has 1 atom stereocenters. The standard InChI is InChI=1S/C18H19F2NO2/c1-3-13-6-4-5-7-17(13)23-11-18(22)21-12(2)15-9-8-14(19)10-16(15)20/h4-10,12H,3,11H2,1-2H3,(H,21,22). The Morgan fingerprint density at radius 2 is 1.96 bits per heavy atom. The summed E-state index contributed by atoms with van der Waals surface area (Å²) in [5.74, 6) is -1.04. The van der Waals surface area contributed by atoms with Gasteiger partial charge < -0.3 is 10.1 Å². The molecule has 0 aliphatic heterocycles. The quantitative estimate of drug-likeness (QED) is 0.880. The molecule has 0 spiro atoms. The monoisotopic (exact) mass is 319 g/mol. The number of benzene rings is 2. The summed E-state index contributed by atoms with van der Waals surface area (Å²) < 4.78 is 32.1. The third kappa shape index (κ3) is 4.52. The van der Waals surface area contributed by atoms with E-state index in [1.165, 1.54) is 6.07 Å². The Balaban J connectivity index is 1.94. The number of carbonyl (C=O) groups is 1. The van der Waals surface area contributed by atoms with Gasteiger partial charge in [-0.2, -0.15) is 0 Å². The van der Waals surface area contributed by atoms with E-state index in [2.05, 4.69) is 5.32 Å². The average molecular weight is 319 g/mol. The maximum Gasteiger partial charge on any atom is 0.258 e. The van der Waals surface area contributed by atoms with Crippen LogP contribution in [0.25, 0.3) is 0 Å². The molecule has 1 amide bonds. The fourth-order valence-corrected chi connectivity index (χ4v) is 2.29. The smallest absolute Gasteiger partial charge is 0.258 e. The number of para-hydroxylation sites is 1. The van der Waals surface area contributed by atoms with E-state index in [1.54, 1.807) is 13.0 Å². The number of amides is 1. The van der Waals surface area contributed by atoms with E-state index >= 15 is 0 Å². The Bertz CT molecular complexity index is 688. The van der Waals surface area contributed by atoms with Crippen LogP contribution >= 0.6 is 0 Å². The summed E-state index contributed by atoms with van der Waals surface area (Å²) in [5, 5.41) is 2.64. The van der Waals surface area contributed by atoms with Gasteiger partial charge in [-0.05, 0) is 31.0 Å². The highest BCUT2D eigenvalue weighted by Crippen LogP contribution is 2.19. The highest BCUT2D eigenvalue weighted by Gasteiger charge is 2.15. The van der Waals surface area contributed by atoms with Gasteiger partial charge in [0.2, 0.25) is 0 Å². The van der Waals surface area contributed by atoms with Crippen molar-refractivity contribution in [3.8, 4) is 5.75 Å². The maximum absolute atomic E-state index is 13.7. The molecule has 0 saturated heterocycles. The molecule has 0 aliphatic carbocycles. The van der Waals surface area contributed by atoms with Gasteiger partial charge in [0, 0.05) is 11.6 Å². The number of aryl methyl sites for hydroxylation is 1. The SMILES string of the molecule is CCc1ccccc1OCC(=O)NC(C)c1ccc(F)cc1F. The highest BCUT2D eigenvalue weighted by atomic mass is 19.1. The van der Waals surface area contributed by atoms with Crippen molar-refractivity contribution in [3.05, 3.63) is 65.2 Å². The van der Waals surface area contributed by atoms with Crippen LogP contribution in [-0.2, 0) is 11.2 Å². The van der Waals surface area contributed by atoms with Gasteiger partial charge in [-0.15, -0.1) is 0 Å². The van der Waals surface area contributed by atoms with Crippen molar-refractivity contribution in [3.63, 3.8) is 0 Å². The summed E-state index contributed by atoms with van der Waals surface area (Å²) in [7, 11) is 0. The second kappa shape index (κ2) is 7.72. The molecule has 3 nitrogen and oxygen atoms in total. The minimum absolute atomic E-state index is 0.163. The molecule has 0 heterocycles. The van der Waals surface area contributed by atoms with E-state index in [-0.39, 0.29) is 18.1 Å². The van der Waals surface area contributed by atoms with E-state index in [1.807, 2.05) is 25.1 Å². The van der Waals surface area contributed by atoms with Crippen molar-refractivity contribution >= 4 is 5.91 Å². The minimum Gasteiger partial charge on any atom is -0.483 e. The third-order valence-corrected chi connectivity index (χ3v) is 3.52. The Labute approximate surface area is 134 Å². The van der Waals surface area contributed by atoms with Crippen molar-refractivity contribution in [2.75, 3.05) is 6.61 Å². The first-order valence-corrected chi connectivity index (χ1v) is 7.46. The Morgan fingerprint density at radius 1 is 1.22 bits per heavy atom. The lowest BCUT2D eigenvalue weighted by molar-refractivity contribution is -0.123. The van der Waals surface area contributed by atoms with Crippen LogP contribution < -0.4 is 10.1 Å². The highest BCUT2D eigenvalue weighted by molar-refractivity contribution is 5.78. The van der Waals surface area contributed by atoms with Gasteiger partial charge in [0.1, 0.15) is 17.4 Å². The fraction of sp³-hybridized carbons (Fsp3) is 0.278. The Kier molecular flexibility index (Phi) is 5.68. The first-order chi connectivity index (χ1) is 11.0. The van der Waals surface area contributed by atoms with Gasteiger partial charge in [-0.3, -0.25) is 4.79 Å². The van der Waals surface area contributed by atoms with Gasteiger partial charge in [-0.1, -0.05) is 31.2 Å². The second-order valence-corrected chi connectivity index (χ2v) is 5.20. The number of hydrogen-bond acceptors (Lipinski definition) is 2. The molecule has 0 bridgehead atoms. The fourth-order valence-electron chi connectivity index (χ4n) is 2.29. The Hall–Kier alpha value is -2.43. The molecule has 0 aromatic heterocycles. The zero-order valence-corrected chi connectivity index (χ0v) is 13.1. The van der Waals surface area contributed by atoms with Crippen LogP contribution in [0.5, 0.6) is 5.75 Å². The number of halogens is 2. The maximum atomic E-state index is 13.7. The summed E-state index contributed by atoms with van der Waals surface area (Å²) in [6.07, 6.45) is 0.801. The number of nitrogens with one attached hydrogen (secondary N) is 1. The number of carbonyl (C=O) groups excluding carboxylic acids is 1. The topological polar surface area (TPSA) is 38.3 Å². The molecule has 23 heavy (non-hydrogen) atoms. The van der Waals surface area contributed by atoms with Crippen molar-refractivity contribution in [1.82, 2.24) is 5.32 Å². The summed E-state index contributed by atoms with van der Waals surface area (Å²) in [6.45, 7) is 3.47. The summed E-state index contributed by atoms with van der Waals surface area (Å²) in [4.78, 5) is 11.9. The van der Waals surface area contributed by atoms with Crippen molar-refractivity contribution < 1.29 is 18.3 Å². The van der Waals surface area contributed by atoms with Gasteiger partial charge in [-0.25, -0.2) is 8.78 Å². The van der Waals surface area contributed by atoms with Gasteiger partial charge in [0.25, 0.3) is 5.91 Å². The first kappa shape index (κ1) is 16.9. The molecule has 122 valence electrons. The van der Waals surface area contributed by atoms with Gasteiger partial charge in [0.05, 0.1) is 6.04 Å². The molecule has 0 radical (unpaired) electrons. The largest absolute Gasteiger partial charge is 0.483 e. The van der Waals surface area contributed by atoms with Gasteiger partial charge in [0.15, 0.2) is 6.61 Å². The normalized spacial score (nSPS) is 11.8. The van der Waals surface area contributed by atoms with Crippen LogP contribution in [0.15, 0.2) is 42.5 Å². The van der Waals surface area contributed by atoms with Gasteiger partial charge >= 0.3 is 0 Å². The summed E-state index contributed by atoms with van der Waals surface area (Å²) in [5.41, 5.74) is 1.24. The van der Waals surface area contributed by atoms with Crippen molar-refractivity contribution in [2.24, 2.45) is 0 Å². The summed E-state index contributed by atoms with van der Waals surface area (Å²) >= 11 is 0. The predicted molar refractivity (Wildman–Crippen MR) is 84.2 cm³/mol. The molecular formula is C18H19F2NO2. The minimum atomic E-state index is -0.685. The predicted octanol–water partition coefficient (Wildman–Crippen LogP) is 3.78. The van der Waals surface area contributed by atoms with Crippen LogP contribution in [-0.4, -0.2) is 12.5 Å². The number of ether oxygens (including phenoxy) is 1. The number of hydrogen-bond donors (Lipinski definition) is 1. The van der Waals surface area contributed by atoms with Crippen LogP contribution in [0.2, 0.25) is 0 Å². The summed E-state index contributed by atoms with van der Waals surface area (Å²) in [6, 6.07) is 10.2. The zero-order valence-electron chi connectivity index (χ0n) is 13.1. The molecule has 2 rings (SSSR count). The van der Waals surface area contributed by atoms with Crippen LogP contribution in [0.4, 0.5) is 8.78 Å². The first-order valence-electron chi connectivity index (χ1n) is 7.46. The van der Waals surface area contributed by atoms with E-state index < -0.39 is 17.7 Å². The average Bonchev–Trinajstić information content (AvgIpc) is 2.53. The van der Waals surface area contributed by atoms with E-state index in [0.717, 1.165) is 24.1 Å². The number of rotatable bonds is 6. The molecule has 5 heteroatoms. The molecule has 1 unspecified atom stereocenters. The molecule has 2 aromatic carbocycles. The van der Waals surface area contributed by atoms with Crippen LogP contribution in [0.3, 0.4) is 0 Å². The van der Waals surface area contributed by atoms with E-state index in [0.29, 0.717) is 5.75 Å². The second-order valence-electron chi connectivity index (χ2n) is 5.20. The van der Waals surface area contributed by atoms with Crippen LogP contribution in [0.1, 0.15) is 31.0 Å². The van der Waals surface area contributed by atoms with Crippen LogP contribution in [0, 0.1) is 11.6 Å². The lowest BCUT2D eigenvalue weighted by atomic mass is 10.1. The zero-order chi connectivity index (χ0) is 16.8. The van der Waals surface area contributed by atoms with E-state index in [9.17, 15) is 13.6 Å². The van der Waals surface area contributed by atoms with E-state index in [4.69, 9.17) is 4.74 Å². The molecule has 0 fully saturated rings. The molecular weight excluding hydrogens is 300 g/mol. The lowest BCUT2D eigenvalue weighted by Gasteiger charge is -2.16. The molecule has 2 aromatic rings. The lowest BCUT2D eigenvalue weighted by Crippen LogP contribution is -2.31. The van der Waals surface area contributed by atoms with Crippen molar-refractivity contribution in [1.29, 1.82) is 0 Å². The van der Waals surface area contributed by atoms with Crippen molar-refractivity contribution in [2.45, 2.75) is 26.3 Å². The molecule has 1 N–H and O–H groups in total. The Morgan fingerprint density at radius 3 is 2.65 bits per heavy atom. The molecule has 0 saturated carbocycles. The molecule has 0 aliphatic rings. The third-order valence-electron chi connectivity index (χ3n) is 3.52.